The third-order valence-electron chi connectivity index (χ3n) is 4.32. The van der Waals surface area contributed by atoms with Crippen LogP contribution >= 0.6 is 11.6 Å². The molecule has 3 N–H and O–H groups in total. The summed E-state index contributed by atoms with van der Waals surface area (Å²) < 4.78 is 5.39. The SMILES string of the molecule is O=C(NC1CCC[C@H]1O)O[C@@H]1CCN(c2cn[nH]c(=O)c2Cl)C1. The van der Waals surface area contributed by atoms with E-state index >= 15 is 0 Å². The van der Waals surface area contributed by atoms with Crippen molar-refractivity contribution in [3.8, 4) is 0 Å². The normalized spacial score (nSPS) is 27.2. The number of rotatable bonds is 3. The number of carbonyl (C=O) groups is 1. The molecule has 3 rings (SSSR count). The summed E-state index contributed by atoms with van der Waals surface area (Å²) in [7, 11) is 0. The van der Waals surface area contributed by atoms with Gasteiger partial charge in [0.25, 0.3) is 5.56 Å². The molecule has 1 aliphatic heterocycles. The van der Waals surface area contributed by atoms with Gasteiger partial charge < -0.3 is 20.1 Å². The third kappa shape index (κ3) is 3.59. The predicted molar refractivity (Wildman–Crippen MR) is 83.7 cm³/mol. The lowest BCUT2D eigenvalue weighted by atomic mass is 10.2. The Kier molecular flexibility index (Phi) is 4.72. The summed E-state index contributed by atoms with van der Waals surface area (Å²) in [5, 5.41) is 18.5. The standard InChI is InChI=1S/C14H19ClN4O4/c15-12-10(6-16-18-13(12)21)19-5-4-8(7-19)23-14(22)17-9-2-1-3-11(9)20/h6,8-9,11,20H,1-5,7H2,(H,17,22)(H,18,21)/t8-,9?,11-/m1/s1. The molecule has 1 aromatic heterocycles. The number of aromatic nitrogens is 2. The number of hydrogen-bond donors (Lipinski definition) is 3. The molecular formula is C14H19ClN4O4. The fraction of sp³-hybridized carbons (Fsp3) is 0.643. The number of H-pyrrole nitrogens is 1. The van der Waals surface area contributed by atoms with Gasteiger partial charge in [0.1, 0.15) is 11.1 Å². The highest BCUT2D eigenvalue weighted by atomic mass is 35.5. The average Bonchev–Trinajstić information content (AvgIpc) is 3.12. The van der Waals surface area contributed by atoms with E-state index in [0.717, 1.165) is 12.8 Å². The molecule has 1 saturated heterocycles. The second-order valence-corrected chi connectivity index (χ2v) is 6.29. The Morgan fingerprint density at radius 1 is 1.48 bits per heavy atom. The number of amides is 1. The smallest absolute Gasteiger partial charge is 0.407 e. The van der Waals surface area contributed by atoms with Gasteiger partial charge in [-0.15, -0.1) is 0 Å². The minimum atomic E-state index is -0.516. The van der Waals surface area contributed by atoms with Crippen LogP contribution in [-0.4, -0.2) is 52.7 Å². The van der Waals surface area contributed by atoms with Crippen molar-refractivity contribution < 1.29 is 14.6 Å². The molecule has 3 atom stereocenters. The molecule has 23 heavy (non-hydrogen) atoms. The van der Waals surface area contributed by atoms with E-state index in [-0.39, 0.29) is 17.2 Å². The van der Waals surface area contributed by atoms with Crippen LogP contribution in [0.5, 0.6) is 0 Å². The molecule has 0 bridgehead atoms. The van der Waals surface area contributed by atoms with Crippen molar-refractivity contribution in [2.45, 2.75) is 43.9 Å². The molecule has 1 amide bonds. The first kappa shape index (κ1) is 16.1. The van der Waals surface area contributed by atoms with Crippen LogP contribution in [0, 0.1) is 0 Å². The van der Waals surface area contributed by atoms with Crippen LogP contribution in [0.15, 0.2) is 11.0 Å². The monoisotopic (exact) mass is 342 g/mol. The quantitative estimate of drug-likeness (QED) is 0.744. The molecule has 1 aromatic rings. The van der Waals surface area contributed by atoms with E-state index in [1.54, 1.807) is 0 Å². The molecule has 2 fully saturated rings. The lowest BCUT2D eigenvalue weighted by Crippen LogP contribution is -2.41. The van der Waals surface area contributed by atoms with Gasteiger partial charge in [0.15, 0.2) is 0 Å². The van der Waals surface area contributed by atoms with Crippen molar-refractivity contribution in [1.29, 1.82) is 0 Å². The van der Waals surface area contributed by atoms with Gasteiger partial charge >= 0.3 is 6.09 Å². The summed E-state index contributed by atoms with van der Waals surface area (Å²) in [6.07, 6.45) is 3.20. The molecule has 126 valence electrons. The van der Waals surface area contributed by atoms with Gasteiger partial charge in [0.05, 0.1) is 30.6 Å². The molecule has 2 aliphatic rings. The highest BCUT2D eigenvalue weighted by Crippen LogP contribution is 2.26. The molecule has 0 radical (unpaired) electrons. The first-order valence-electron chi connectivity index (χ1n) is 7.68. The number of aliphatic hydroxyl groups excluding tert-OH is 1. The summed E-state index contributed by atoms with van der Waals surface area (Å²) >= 11 is 5.98. The summed E-state index contributed by atoms with van der Waals surface area (Å²) in [6, 6.07) is -0.230. The minimum Gasteiger partial charge on any atom is -0.444 e. The van der Waals surface area contributed by atoms with Crippen LogP contribution in [0.4, 0.5) is 10.5 Å². The number of ether oxygens (including phenoxy) is 1. The molecule has 9 heteroatoms. The van der Waals surface area contributed by atoms with Gasteiger partial charge in [-0.25, -0.2) is 9.89 Å². The molecule has 1 unspecified atom stereocenters. The first-order valence-corrected chi connectivity index (χ1v) is 8.05. The molecule has 1 saturated carbocycles. The van der Waals surface area contributed by atoms with E-state index in [1.807, 2.05) is 4.90 Å². The molecule has 0 aromatic carbocycles. The van der Waals surface area contributed by atoms with Crippen LogP contribution in [0.1, 0.15) is 25.7 Å². The second kappa shape index (κ2) is 6.76. The summed E-state index contributed by atoms with van der Waals surface area (Å²) in [5.74, 6) is 0. The van der Waals surface area contributed by atoms with Crippen LogP contribution < -0.4 is 15.8 Å². The Bertz CT molecular complexity index is 637. The lowest BCUT2D eigenvalue weighted by Gasteiger charge is -2.20. The van der Waals surface area contributed by atoms with Crippen molar-refractivity contribution in [2.75, 3.05) is 18.0 Å². The molecule has 2 heterocycles. The number of anilines is 1. The Morgan fingerprint density at radius 3 is 3.04 bits per heavy atom. The van der Waals surface area contributed by atoms with Gasteiger partial charge in [-0.3, -0.25) is 4.79 Å². The van der Waals surface area contributed by atoms with E-state index in [2.05, 4.69) is 15.5 Å². The third-order valence-corrected chi connectivity index (χ3v) is 4.68. The number of nitrogens with zero attached hydrogens (tertiary/aromatic N) is 2. The van der Waals surface area contributed by atoms with Crippen LogP contribution in [0.3, 0.4) is 0 Å². The lowest BCUT2D eigenvalue weighted by molar-refractivity contribution is 0.0916. The maximum atomic E-state index is 11.9. The van der Waals surface area contributed by atoms with E-state index in [0.29, 0.717) is 31.6 Å². The van der Waals surface area contributed by atoms with Gasteiger partial charge in [0, 0.05) is 13.0 Å². The van der Waals surface area contributed by atoms with Gasteiger partial charge in [-0.05, 0) is 19.3 Å². The van der Waals surface area contributed by atoms with Crippen LogP contribution in [-0.2, 0) is 4.74 Å². The van der Waals surface area contributed by atoms with Crippen molar-refractivity contribution in [1.82, 2.24) is 15.5 Å². The number of carbonyl (C=O) groups excluding carboxylic acids is 1. The fourth-order valence-electron chi connectivity index (χ4n) is 3.08. The van der Waals surface area contributed by atoms with Gasteiger partial charge in [-0.1, -0.05) is 11.6 Å². The maximum absolute atomic E-state index is 11.9. The van der Waals surface area contributed by atoms with Crippen molar-refractivity contribution in [3.63, 3.8) is 0 Å². The van der Waals surface area contributed by atoms with Crippen molar-refractivity contribution in [2.24, 2.45) is 0 Å². The fourth-order valence-corrected chi connectivity index (χ4v) is 3.29. The topological polar surface area (TPSA) is 108 Å². The molecule has 1 aliphatic carbocycles. The van der Waals surface area contributed by atoms with E-state index in [4.69, 9.17) is 16.3 Å². The van der Waals surface area contributed by atoms with Gasteiger partial charge in [-0.2, -0.15) is 5.10 Å². The predicted octanol–water partition coefficient (Wildman–Crippen LogP) is 0.642. The largest absolute Gasteiger partial charge is 0.444 e. The van der Waals surface area contributed by atoms with E-state index < -0.39 is 17.8 Å². The highest BCUT2D eigenvalue weighted by molar-refractivity contribution is 6.33. The molecular weight excluding hydrogens is 324 g/mol. The Balaban J connectivity index is 1.54. The number of halogens is 1. The van der Waals surface area contributed by atoms with Crippen molar-refractivity contribution >= 4 is 23.4 Å². The van der Waals surface area contributed by atoms with Crippen LogP contribution in [0.2, 0.25) is 5.02 Å². The Hall–Kier alpha value is -1.80. The zero-order valence-corrected chi connectivity index (χ0v) is 13.3. The number of aromatic amines is 1. The number of hydrogen-bond acceptors (Lipinski definition) is 6. The zero-order chi connectivity index (χ0) is 16.4. The van der Waals surface area contributed by atoms with E-state index in [1.165, 1.54) is 6.20 Å². The van der Waals surface area contributed by atoms with Gasteiger partial charge in [0.2, 0.25) is 0 Å². The summed E-state index contributed by atoms with van der Waals surface area (Å²) in [6.45, 7) is 1.07. The Labute approximate surface area is 137 Å². The maximum Gasteiger partial charge on any atom is 0.407 e. The first-order chi connectivity index (χ1) is 11.0. The highest BCUT2D eigenvalue weighted by Gasteiger charge is 2.31. The molecule has 0 spiro atoms. The number of alkyl carbamates (subject to hydrolysis) is 1. The number of nitrogens with one attached hydrogen (secondary N) is 2. The summed E-state index contributed by atoms with van der Waals surface area (Å²) in [4.78, 5) is 25.3. The molecule has 8 nitrogen and oxygen atoms in total. The van der Waals surface area contributed by atoms with Crippen LogP contribution in [0.25, 0.3) is 0 Å². The Morgan fingerprint density at radius 2 is 2.30 bits per heavy atom. The van der Waals surface area contributed by atoms with E-state index in [9.17, 15) is 14.7 Å². The summed E-state index contributed by atoms with van der Waals surface area (Å²) in [5.41, 5.74) is 0.0923. The van der Waals surface area contributed by atoms with Crippen molar-refractivity contribution in [3.05, 3.63) is 21.6 Å². The zero-order valence-electron chi connectivity index (χ0n) is 12.5. The minimum absolute atomic E-state index is 0.0826. The second-order valence-electron chi connectivity index (χ2n) is 5.91. The average molecular weight is 343 g/mol. The number of aliphatic hydroxyl groups is 1.